The summed E-state index contributed by atoms with van der Waals surface area (Å²) in [5.74, 6) is -6.47. The van der Waals surface area contributed by atoms with Crippen molar-refractivity contribution >= 4 is 24.0 Å². The number of nitrogens with one attached hydrogen (secondary N) is 4. The molecule has 1 aromatic carbocycles. The van der Waals surface area contributed by atoms with Crippen molar-refractivity contribution in [2.75, 3.05) is 27.3 Å². The largest absolute Gasteiger partial charge is 0.453 e. The lowest BCUT2D eigenvalue weighted by molar-refractivity contribution is -0.221. The third-order valence-electron chi connectivity index (χ3n) is 8.05. The zero-order valence-corrected chi connectivity index (χ0v) is 28.9. The number of nitrogens with zero attached hydrogens (tertiary/aromatic N) is 2. The molecule has 0 saturated carbocycles. The van der Waals surface area contributed by atoms with Crippen molar-refractivity contribution in [3.63, 3.8) is 0 Å². The second kappa shape index (κ2) is 17.3. The molecule has 0 bridgehead atoms. The van der Waals surface area contributed by atoms with Gasteiger partial charge < -0.3 is 30.5 Å². The Morgan fingerprint density at radius 3 is 1.70 bits per heavy atom. The molecule has 1 unspecified atom stereocenters. The van der Waals surface area contributed by atoms with Gasteiger partial charge in [-0.15, -0.1) is 0 Å². The number of carbonyl (C=O) groups is 4. The van der Waals surface area contributed by atoms with Gasteiger partial charge in [0.05, 0.1) is 43.0 Å². The van der Waals surface area contributed by atoms with Gasteiger partial charge in [0.25, 0.3) is 5.91 Å². The number of ether oxygens (including phenoxy) is 2. The summed E-state index contributed by atoms with van der Waals surface area (Å²) in [6.07, 6.45) is -14.3. The van der Waals surface area contributed by atoms with Crippen LogP contribution in [-0.2, 0) is 25.6 Å². The van der Waals surface area contributed by atoms with Gasteiger partial charge in [-0.25, -0.2) is 27.8 Å². The maximum atomic E-state index is 15.4. The van der Waals surface area contributed by atoms with Crippen LogP contribution in [0.25, 0.3) is 11.3 Å². The second-order valence-corrected chi connectivity index (χ2v) is 12.6. The Morgan fingerprint density at radius 1 is 0.811 bits per heavy atom. The molecule has 0 radical (unpaired) electrons. The van der Waals surface area contributed by atoms with E-state index in [4.69, 9.17) is 0 Å². The fourth-order valence-corrected chi connectivity index (χ4v) is 4.48. The average Bonchev–Trinajstić information content (AvgIpc) is 3.05. The maximum Gasteiger partial charge on any atom is 0.407 e. The highest BCUT2D eigenvalue weighted by Gasteiger charge is 2.57. The van der Waals surface area contributed by atoms with Gasteiger partial charge in [-0.1, -0.05) is 0 Å². The van der Waals surface area contributed by atoms with E-state index in [1.807, 2.05) is 10.7 Å². The van der Waals surface area contributed by atoms with E-state index in [-0.39, 0.29) is 11.3 Å². The Bertz CT molecular complexity index is 1600. The van der Waals surface area contributed by atoms with Crippen molar-refractivity contribution in [3.8, 4) is 11.3 Å². The first-order chi connectivity index (χ1) is 24.3. The smallest absolute Gasteiger partial charge is 0.407 e. The molecule has 0 fully saturated rings. The van der Waals surface area contributed by atoms with E-state index >= 15 is 8.78 Å². The van der Waals surface area contributed by atoms with Gasteiger partial charge in [0.15, 0.2) is 0 Å². The molecule has 0 aliphatic heterocycles. The molecule has 1 aromatic heterocycles. The Labute approximate surface area is 296 Å². The van der Waals surface area contributed by atoms with Crippen LogP contribution in [0.15, 0.2) is 30.5 Å². The Kier molecular flexibility index (Phi) is 14.5. The van der Waals surface area contributed by atoms with Gasteiger partial charge in [0.2, 0.25) is 5.91 Å². The minimum atomic E-state index is -5.15. The minimum absolute atomic E-state index is 0.0631. The minimum Gasteiger partial charge on any atom is -0.453 e. The fraction of sp³-hybridized carbons (Fsp3) is 0.516. The van der Waals surface area contributed by atoms with E-state index in [0.29, 0.717) is 32.7 Å². The number of aromatic nitrogens is 1. The number of pyridine rings is 1. The quantitative estimate of drug-likeness (QED) is 0.140. The summed E-state index contributed by atoms with van der Waals surface area (Å²) in [4.78, 5) is 53.6. The van der Waals surface area contributed by atoms with Crippen LogP contribution in [0.4, 0.5) is 49.1 Å². The normalized spacial score (nSPS) is 14.1. The van der Waals surface area contributed by atoms with Gasteiger partial charge in [0.1, 0.15) is 29.5 Å². The number of carbonyl (C=O) groups excluding carboxylic acids is 4. The van der Waals surface area contributed by atoms with Crippen LogP contribution < -0.4 is 21.4 Å². The summed E-state index contributed by atoms with van der Waals surface area (Å²) in [7, 11) is 1.61. The van der Waals surface area contributed by atoms with E-state index < -0.39 is 108 Å². The van der Waals surface area contributed by atoms with Crippen molar-refractivity contribution in [2.45, 2.75) is 64.8 Å². The van der Waals surface area contributed by atoms with Crippen molar-refractivity contribution in [3.05, 3.63) is 53.5 Å². The molecular formula is C31H37F9N6O7. The van der Waals surface area contributed by atoms with Crippen LogP contribution in [-0.4, -0.2) is 96.9 Å². The highest BCUT2D eigenvalue weighted by molar-refractivity contribution is 5.87. The zero-order valence-electron chi connectivity index (χ0n) is 28.9. The summed E-state index contributed by atoms with van der Waals surface area (Å²) < 4.78 is 136. The lowest BCUT2D eigenvalue weighted by Crippen LogP contribution is -2.62. The summed E-state index contributed by atoms with van der Waals surface area (Å²) in [5, 5.41) is 16.7. The molecule has 296 valence electrons. The van der Waals surface area contributed by atoms with Crippen LogP contribution >= 0.6 is 0 Å². The Morgan fingerprint density at radius 2 is 1.28 bits per heavy atom. The molecular weight excluding hydrogens is 739 g/mol. The van der Waals surface area contributed by atoms with Gasteiger partial charge in [-0.3, -0.25) is 20.0 Å². The third kappa shape index (κ3) is 11.3. The molecule has 3 atom stereocenters. The molecule has 0 saturated heterocycles. The molecule has 2 aromatic rings. The number of alkyl halides is 6. The molecule has 0 aliphatic carbocycles. The number of methoxy groups -OCH3 is 2. The van der Waals surface area contributed by atoms with Gasteiger partial charge >= 0.3 is 24.5 Å². The van der Waals surface area contributed by atoms with Crippen LogP contribution in [0.1, 0.15) is 33.3 Å². The lowest BCUT2D eigenvalue weighted by Gasteiger charge is -2.37. The molecule has 4 amide bonds. The maximum absolute atomic E-state index is 15.4. The van der Waals surface area contributed by atoms with Crippen LogP contribution in [0.2, 0.25) is 0 Å². The van der Waals surface area contributed by atoms with Crippen LogP contribution in [0, 0.1) is 28.3 Å². The SMILES string of the molecule is COC(=O)NC(C(=O)NC[C@@H](O)CN(Cc1c(F)cc(-c2ccc(F)cn2)cc1F)NC(=O)[C@@H](NC(=O)OC)C(C)(C)C(F)(F)F)C(C)(C)C(F)(F)F. The lowest BCUT2D eigenvalue weighted by atomic mass is 9.83. The molecule has 53 heavy (non-hydrogen) atoms. The number of benzene rings is 1. The van der Waals surface area contributed by atoms with E-state index in [0.717, 1.165) is 44.7 Å². The predicted molar refractivity (Wildman–Crippen MR) is 165 cm³/mol. The van der Waals surface area contributed by atoms with Gasteiger partial charge in [-0.05, 0) is 52.0 Å². The first-order valence-electron chi connectivity index (χ1n) is 15.2. The van der Waals surface area contributed by atoms with E-state index in [9.17, 15) is 55.0 Å². The first kappa shape index (κ1) is 44.3. The van der Waals surface area contributed by atoms with Crippen molar-refractivity contribution < 1.29 is 73.3 Å². The van der Waals surface area contributed by atoms with Crippen molar-refractivity contribution in [1.82, 2.24) is 31.4 Å². The first-order valence-corrected chi connectivity index (χ1v) is 15.2. The monoisotopic (exact) mass is 776 g/mol. The van der Waals surface area contributed by atoms with Gasteiger partial charge in [0, 0.05) is 30.8 Å². The van der Waals surface area contributed by atoms with Gasteiger partial charge in [-0.2, -0.15) is 26.3 Å². The summed E-state index contributed by atoms with van der Waals surface area (Å²) in [6, 6.07) is -1.20. The van der Waals surface area contributed by atoms with Crippen molar-refractivity contribution in [2.24, 2.45) is 10.8 Å². The van der Waals surface area contributed by atoms with Crippen LogP contribution in [0.5, 0.6) is 0 Å². The molecule has 2 rings (SSSR count). The predicted octanol–water partition coefficient (Wildman–Crippen LogP) is 4.10. The van der Waals surface area contributed by atoms with E-state index in [2.05, 4.69) is 14.5 Å². The molecule has 5 N–H and O–H groups in total. The number of alkyl carbamates (subject to hydrolysis) is 2. The summed E-state index contributed by atoms with van der Waals surface area (Å²) >= 11 is 0. The van der Waals surface area contributed by atoms with E-state index in [1.54, 1.807) is 10.6 Å². The second-order valence-electron chi connectivity index (χ2n) is 12.6. The van der Waals surface area contributed by atoms with E-state index in [1.165, 1.54) is 0 Å². The summed E-state index contributed by atoms with van der Waals surface area (Å²) in [6.45, 7) is -0.699. The number of rotatable bonds is 14. The molecule has 1 heterocycles. The molecule has 22 heteroatoms. The number of hydrazine groups is 1. The number of hydrogen-bond donors (Lipinski definition) is 5. The number of aliphatic hydroxyl groups is 1. The third-order valence-corrected chi connectivity index (χ3v) is 8.05. The fourth-order valence-electron chi connectivity index (χ4n) is 4.48. The standard InChI is InChI=1S/C31H37F9N6O7/c1-28(2,30(35,36)37)22(43-26(50)52-5)24(48)42-12-17(47)13-46(45-25(49)23(44-27(51)53-6)29(3,4)31(38,39)40)14-18-19(33)9-15(10-20(18)34)21-8-7-16(32)11-41-21/h7-11,17,22-23,47H,12-14H2,1-6H3,(H,42,48)(H,43,50)(H,44,51)(H,45,49)/t17-,22?,23-/m1/s1. The van der Waals surface area contributed by atoms with Crippen LogP contribution in [0.3, 0.4) is 0 Å². The zero-order chi connectivity index (χ0) is 40.7. The number of halogens is 9. The molecule has 0 spiro atoms. The highest BCUT2D eigenvalue weighted by Crippen LogP contribution is 2.41. The number of amides is 4. The average molecular weight is 777 g/mol. The number of aliphatic hydroxyl groups excluding tert-OH is 1. The van der Waals surface area contributed by atoms with Crippen molar-refractivity contribution in [1.29, 1.82) is 0 Å². The topological polar surface area (TPSA) is 171 Å². The molecule has 0 aliphatic rings. The summed E-state index contributed by atoms with van der Waals surface area (Å²) in [5.41, 5.74) is -5.06. The highest BCUT2D eigenvalue weighted by atomic mass is 19.4. The Balaban J connectivity index is 2.48. The number of hydrogen-bond acceptors (Lipinski definition) is 9. The Hall–Kier alpha value is -4.86. The molecule has 13 nitrogen and oxygen atoms in total.